The molecule has 0 aliphatic carbocycles. The molecule has 1 aromatic rings. The Morgan fingerprint density at radius 3 is 2.89 bits per heavy atom. The van der Waals surface area contributed by atoms with Gasteiger partial charge in [-0.05, 0) is 30.0 Å². The first kappa shape index (κ1) is 12.8. The summed E-state index contributed by atoms with van der Waals surface area (Å²) in [5.41, 5.74) is 5.58. The number of hydrogen-bond donors (Lipinski definition) is 0. The molecule has 0 atom stereocenters. The van der Waals surface area contributed by atoms with Crippen molar-refractivity contribution in [2.45, 2.75) is 19.9 Å². The molecule has 0 bridgehead atoms. The van der Waals surface area contributed by atoms with E-state index in [0.29, 0.717) is 0 Å². The largest absolute Gasteiger partial charge is 0.294 e. The van der Waals surface area contributed by atoms with Crippen LogP contribution in [-0.4, -0.2) is 18.0 Å². The molecule has 1 aliphatic rings. The average molecular weight is 239 g/mol. The van der Waals surface area contributed by atoms with Crippen LogP contribution < -0.4 is 0 Å². The molecule has 1 aliphatic heterocycles. The molecule has 18 heavy (non-hydrogen) atoms. The van der Waals surface area contributed by atoms with Crippen molar-refractivity contribution in [3.63, 3.8) is 0 Å². The summed E-state index contributed by atoms with van der Waals surface area (Å²) in [5.74, 6) is 0. The minimum atomic E-state index is 0.961. The first-order valence-electron chi connectivity index (χ1n) is 6.47. The highest BCUT2D eigenvalue weighted by Gasteiger charge is 2.16. The molecule has 2 rings (SSSR count). The number of allylic oxidation sites excluding steroid dienone is 2. The summed E-state index contributed by atoms with van der Waals surface area (Å²) in [5, 5.41) is 0. The number of fused-ring (bicyclic) bond motifs is 1. The minimum absolute atomic E-state index is 0.961. The lowest BCUT2D eigenvalue weighted by atomic mass is 9.97. The molecule has 0 saturated carbocycles. The van der Waals surface area contributed by atoms with Crippen molar-refractivity contribution in [1.82, 2.24) is 4.90 Å². The third-order valence-electron chi connectivity index (χ3n) is 3.45. The Morgan fingerprint density at radius 1 is 1.33 bits per heavy atom. The van der Waals surface area contributed by atoms with Crippen LogP contribution in [0.4, 0.5) is 0 Å². The van der Waals surface area contributed by atoms with E-state index < -0.39 is 0 Å². The van der Waals surface area contributed by atoms with Crippen molar-refractivity contribution in [2.75, 3.05) is 13.1 Å². The van der Waals surface area contributed by atoms with Gasteiger partial charge in [-0.25, -0.2) is 0 Å². The van der Waals surface area contributed by atoms with E-state index in [-0.39, 0.29) is 0 Å². The third kappa shape index (κ3) is 2.99. The molecule has 1 aromatic carbocycles. The van der Waals surface area contributed by atoms with E-state index in [9.17, 15) is 0 Å². The standard InChI is InChI=1S/C17H21N/c1-4-6-15(5-2)12-18-10-9-16-11-14(3)7-8-17(16)13-18/h4-8,11H,1-2,9-10,12-13H2,3H3/b15-6+. The van der Waals surface area contributed by atoms with Crippen LogP contribution in [0.15, 0.2) is 55.2 Å². The van der Waals surface area contributed by atoms with Crippen molar-refractivity contribution >= 4 is 0 Å². The van der Waals surface area contributed by atoms with Gasteiger partial charge >= 0.3 is 0 Å². The summed E-state index contributed by atoms with van der Waals surface area (Å²) < 4.78 is 0. The molecule has 1 heterocycles. The second-order valence-corrected chi connectivity index (χ2v) is 4.91. The lowest BCUT2D eigenvalue weighted by molar-refractivity contribution is 0.277. The van der Waals surface area contributed by atoms with Gasteiger partial charge < -0.3 is 0 Å². The van der Waals surface area contributed by atoms with Crippen LogP contribution in [-0.2, 0) is 13.0 Å². The quantitative estimate of drug-likeness (QED) is 0.725. The average Bonchev–Trinajstić information content (AvgIpc) is 2.38. The van der Waals surface area contributed by atoms with E-state index in [4.69, 9.17) is 0 Å². The Balaban J connectivity index is 2.08. The Hall–Kier alpha value is -1.60. The van der Waals surface area contributed by atoms with Gasteiger partial charge in [-0.1, -0.05) is 55.1 Å². The zero-order valence-electron chi connectivity index (χ0n) is 11.2. The minimum Gasteiger partial charge on any atom is -0.294 e. The molecule has 1 nitrogen and oxygen atoms in total. The molecule has 0 fully saturated rings. The molecule has 0 spiro atoms. The summed E-state index contributed by atoms with van der Waals surface area (Å²) in [4.78, 5) is 2.47. The van der Waals surface area contributed by atoms with E-state index in [2.05, 4.69) is 43.2 Å². The first-order valence-corrected chi connectivity index (χ1v) is 6.47. The zero-order chi connectivity index (χ0) is 13.0. The SMILES string of the molecule is C=C/C=C(\C=C)CN1CCc2cc(C)ccc2C1. The molecule has 0 saturated heterocycles. The predicted molar refractivity (Wildman–Crippen MR) is 78.6 cm³/mol. The topological polar surface area (TPSA) is 3.24 Å². The Labute approximate surface area is 110 Å². The monoisotopic (exact) mass is 239 g/mol. The van der Waals surface area contributed by atoms with E-state index in [1.807, 2.05) is 18.2 Å². The molecular formula is C17H21N. The van der Waals surface area contributed by atoms with Crippen LogP contribution in [0.1, 0.15) is 16.7 Å². The van der Waals surface area contributed by atoms with Gasteiger partial charge in [0.1, 0.15) is 0 Å². The maximum absolute atomic E-state index is 3.86. The summed E-state index contributed by atoms with van der Waals surface area (Å²) in [6, 6.07) is 6.79. The van der Waals surface area contributed by atoms with Gasteiger partial charge in [0.2, 0.25) is 0 Å². The van der Waals surface area contributed by atoms with Crippen LogP contribution >= 0.6 is 0 Å². The Morgan fingerprint density at radius 2 is 2.17 bits per heavy atom. The highest BCUT2D eigenvalue weighted by molar-refractivity contribution is 5.33. The highest BCUT2D eigenvalue weighted by Crippen LogP contribution is 2.20. The number of benzene rings is 1. The zero-order valence-corrected chi connectivity index (χ0v) is 11.2. The lowest BCUT2D eigenvalue weighted by Crippen LogP contribution is -2.31. The molecule has 0 amide bonds. The van der Waals surface area contributed by atoms with E-state index in [0.717, 1.165) is 26.1 Å². The van der Waals surface area contributed by atoms with Crippen LogP contribution in [0.3, 0.4) is 0 Å². The molecule has 94 valence electrons. The molecule has 0 N–H and O–H groups in total. The normalized spacial score (nSPS) is 16.2. The van der Waals surface area contributed by atoms with Crippen LogP contribution in [0, 0.1) is 6.92 Å². The third-order valence-corrected chi connectivity index (χ3v) is 3.45. The Kier molecular flexibility index (Phi) is 4.16. The maximum Gasteiger partial charge on any atom is 0.0240 e. The number of aryl methyl sites for hydroxylation is 1. The first-order chi connectivity index (χ1) is 8.72. The van der Waals surface area contributed by atoms with Crippen molar-refractivity contribution < 1.29 is 0 Å². The van der Waals surface area contributed by atoms with Gasteiger partial charge in [-0.2, -0.15) is 0 Å². The van der Waals surface area contributed by atoms with E-state index >= 15 is 0 Å². The van der Waals surface area contributed by atoms with Gasteiger partial charge in [0.15, 0.2) is 0 Å². The second kappa shape index (κ2) is 5.83. The fraction of sp³-hybridized carbons (Fsp3) is 0.294. The number of rotatable bonds is 4. The van der Waals surface area contributed by atoms with Crippen LogP contribution in [0.5, 0.6) is 0 Å². The fourth-order valence-corrected chi connectivity index (χ4v) is 2.47. The number of hydrogen-bond acceptors (Lipinski definition) is 1. The van der Waals surface area contributed by atoms with Crippen molar-refractivity contribution in [3.05, 3.63) is 71.8 Å². The van der Waals surface area contributed by atoms with Gasteiger partial charge in [0.25, 0.3) is 0 Å². The predicted octanol–water partition coefficient (Wildman–Crippen LogP) is 3.65. The summed E-state index contributed by atoms with van der Waals surface area (Å²) in [7, 11) is 0. The van der Waals surface area contributed by atoms with Gasteiger partial charge in [-0.3, -0.25) is 4.90 Å². The molecule has 0 unspecified atom stereocenters. The molecular weight excluding hydrogens is 218 g/mol. The smallest absolute Gasteiger partial charge is 0.0240 e. The van der Waals surface area contributed by atoms with Crippen LogP contribution in [0.25, 0.3) is 0 Å². The summed E-state index contributed by atoms with van der Waals surface area (Å²) >= 11 is 0. The van der Waals surface area contributed by atoms with Gasteiger partial charge in [0.05, 0.1) is 0 Å². The summed E-state index contributed by atoms with van der Waals surface area (Å²) in [6.45, 7) is 12.9. The lowest BCUT2D eigenvalue weighted by Gasteiger charge is -2.29. The molecule has 1 heteroatoms. The van der Waals surface area contributed by atoms with E-state index in [1.165, 1.54) is 22.3 Å². The molecule has 0 aromatic heterocycles. The number of nitrogens with zero attached hydrogens (tertiary/aromatic N) is 1. The maximum atomic E-state index is 3.86. The summed E-state index contributed by atoms with van der Waals surface area (Å²) in [6.07, 6.45) is 6.94. The van der Waals surface area contributed by atoms with Crippen molar-refractivity contribution in [2.24, 2.45) is 0 Å². The van der Waals surface area contributed by atoms with E-state index in [1.54, 1.807) is 0 Å². The van der Waals surface area contributed by atoms with Crippen LogP contribution in [0.2, 0.25) is 0 Å². The Bertz CT molecular complexity index is 482. The highest BCUT2D eigenvalue weighted by atomic mass is 15.1. The van der Waals surface area contributed by atoms with Gasteiger partial charge in [0, 0.05) is 19.6 Å². The van der Waals surface area contributed by atoms with Gasteiger partial charge in [-0.15, -0.1) is 0 Å². The van der Waals surface area contributed by atoms with Crippen molar-refractivity contribution in [1.29, 1.82) is 0 Å². The second-order valence-electron chi connectivity index (χ2n) is 4.91. The van der Waals surface area contributed by atoms with Crippen molar-refractivity contribution in [3.8, 4) is 0 Å². The fourth-order valence-electron chi connectivity index (χ4n) is 2.47. The molecule has 0 radical (unpaired) electrons.